The van der Waals surface area contributed by atoms with Crippen molar-refractivity contribution in [2.75, 3.05) is 0 Å². The number of rotatable bonds is 0. The van der Waals surface area contributed by atoms with E-state index in [0.29, 0.717) is 10.8 Å². The molecule has 0 amide bonds. The van der Waals surface area contributed by atoms with Gasteiger partial charge < -0.3 is 0 Å². The Morgan fingerprint density at radius 2 is 1.44 bits per heavy atom. The first kappa shape index (κ1) is 19.9. The number of terminal acetylenes is 1. The molecule has 0 radical (unpaired) electrons. The fourth-order valence-electron chi connectivity index (χ4n) is 10.1. The highest BCUT2D eigenvalue weighted by atomic mass is 14.7. The lowest BCUT2D eigenvalue weighted by atomic mass is 9.39. The summed E-state index contributed by atoms with van der Waals surface area (Å²) in [6.07, 6.45) is 26.7. The van der Waals surface area contributed by atoms with Gasteiger partial charge >= 0.3 is 0 Å². The number of hydrogen-bond acceptors (Lipinski definition) is 0. The molecule has 7 unspecified atom stereocenters. The van der Waals surface area contributed by atoms with Crippen LogP contribution in [0.25, 0.3) is 0 Å². The first-order valence-electron chi connectivity index (χ1n) is 12.2. The van der Waals surface area contributed by atoms with Crippen LogP contribution in [0.4, 0.5) is 0 Å². The topological polar surface area (TPSA) is 0 Å². The van der Waals surface area contributed by atoms with Crippen molar-refractivity contribution < 1.29 is 0 Å². The molecule has 152 valence electrons. The summed E-state index contributed by atoms with van der Waals surface area (Å²) in [5, 5.41) is 0. The Bertz CT molecular complexity index is 574. The first-order valence-corrected chi connectivity index (χ1v) is 12.2. The lowest BCUT2D eigenvalue weighted by molar-refractivity contribution is -0.169. The molecular formula is C27H44. The Kier molecular flexibility index (Phi) is 5.01. The van der Waals surface area contributed by atoms with Crippen molar-refractivity contribution in [1.82, 2.24) is 0 Å². The molecule has 0 aromatic heterocycles. The minimum absolute atomic E-state index is 0.647. The lowest BCUT2D eigenvalue weighted by Crippen LogP contribution is -2.58. The van der Waals surface area contributed by atoms with Crippen LogP contribution in [-0.2, 0) is 0 Å². The average Bonchev–Trinajstić information content (AvgIpc) is 3.06. The van der Waals surface area contributed by atoms with Gasteiger partial charge in [0.05, 0.1) is 0 Å². The Morgan fingerprint density at radius 1 is 0.704 bits per heavy atom. The smallest absolute Gasteiger partial charge is 0.0235 e. The summed E-state index contributed by atoms with van der Waals surface area (Å²) < 4.78 is 0. The van der Waals surface area contributed by atoms with Crippen LogP contribution in [0, 0.1) is 64.6 Å². The molecule has 0 aliphatic heterocycles. The largest absolute Gasteiger partial charge is 0.124 e. The predicted octanol–water partition coefficient (Wildman–Crippen LogP) is 7.72. The van der Waals surface area contributed by atoms with E-state index in [1.807, 2.05) is 0 Å². The van der Waals surface area contributed by atoms with E-state index in [0.717, 1.165) is 40.9 Å². The maximum absolute atomic E-state index is 4.00. The molecule has 27 heavy (non-hydrogen) atoms. The summed E-state index contributed by atoms with van der Waals surface area (Å²) >= 11 is 0. The molecule has 5 aliphatic carbocycles. The van der Waals surface area contributed by atoms with Crippen LogP contribution in [0.1, 0.15) is 105 Å². The number of hydrogen-bond donors (Lipinski definition) is 0. The minimum atomic E-state index is 0.647. The molecule has 5 fully saturated rings. The van der Waals surface area contributed by atoms with Gasteiger partial charge in [-0.25, -0.2) is 0 Å². The summed E-state index contributed by atoms with van der Waals surface area (Å²) in [5.41, 5.74) is 2.10. The molecule has 5 rings (SSSR count). The second-order valence-corrected chi connectivity index (χ2v) is 12.1. The van der Waals surface area contributed by atoms with E-state index < -0.39 is 0 Å². The zero-order valence-electron chi connectivity index (χ0n) is 18.6. The maximum atomic E-state index is 4.00. The van der Waals surface area contributed by atoms with Crippen molar-refractivity contribution in [3.63, 3.8) is 0 Å². The third-order valence-corrected chi connectivity index (χ3v) is 11.4. The fourth-order valence-corrected chi connectivity index (χ4v) is 10.1. The molecule has 5 aliphatic rings. The summed E-state index contributed by atoms with van der Waals surface area (Å²) in [7, 11) is 0. The van der Waals surface area contributed by atoms with E-state index in [4.69, 9.17) is 0 Å². The molecular weight excluding hydrogens is 324 g/mol. The minimum Gasteiger partial charge on any atom is -0.124 e. The molecule has 0 heteroatoms. The second-order valence-electron chi connectivity index (χ2n) is 12.1. The van der Waals surface area contributed by atoms with E-state index in [1.165, 1.54) is 32.1 Å². The Balaban J connectivity index is 0.000000872. The molecule has 5 saturated carbocycles. The van der Waals surface area contributed by atoms with Crippen molar-refractivity contribution in [1.29, 1.82) is 0 Å². The Hall–Kier alpha value is -0.440. The molecule has 0 heterocycles. The Morgan fingerprint density at radius 3 is 2.22 bits per heavy atom. The summed E-state index contributed by atoms with van der Waals surface area (Å²) in [5.74, 6) is 6.36. The monoisotopic (exact) mass is 368 g/mol. The Labute approximate surface area is 169 Å². The van der Waals surface area contributed by atoms with Crippen LogP contribution in [-0.4, -0.2) is 0 Å². The molecule has 0 N–H and O–H groups in total. The van der Waals surface area contributed by atoms with Gasteiger partial charge in [-0.3, -0.25) is 0 Å². The van der Waals surface area contributed by atoms with Gasteiger partial charge in [-0.15, -0.1) is 12.8 Å². The van der Waals surface area contributed by atoms with Gasteiger partial charge in [-0.2, -0.15) is 0 Å². The maximum Gasteiger partial charge on any atom is -0.0235 e. The molecule has 9 atom stereocenters. The van der Waals surface area contributed by atoms with Crippen LogP contribution < -0.4 is 0 Å². The molecule has 0 aromatic rings. The van der Waals surface area contributed by atoms with Crippen molar-refractivity contribution in [3.05, 3.63) is 0 Å². The second kappa shape index (κ2) is 6.82. The van der Waals surface area contributed by atoms with Gasteiger partial charge in [0.1, 0.15) is 0 Å². The third kappa shape index (κ3) is 2.62. The van der Waals surface area contributed by atoms with Crippen molar-refractivity contribution >= 4 is 0 Å². The van der Waals surface area contributed by atoms with Gasteiger partial charge in [-0.1, -0.05) is 47.0 Å². The highest BCUT2D eigenvalue weighted by molar-refractivity contribution is 5.14. The molecule has 0 bridgehead atoms. The van der Waals surface area contributed by atoms with Crippen molar-refractivity contribution in [3.8, 4) is 12.8 Å². The summed E-state index contributed by atoms with van der Waals surface area (Å²) in [6.45, 7) is 10.6. The van der Waals surface area contributed by atoms with Gasteiger partial charge in [0, 0.05) is 0 Å². The number of fused-ring (bicyclic) bond motifs is 4. The molecule has 1 spiro atoms. The van der Waals surface area contributed by atoms with Crippen LogP contribution >= 0.6 is 0 Å². The normalized spacial score (nSPS) is 56.5. The predicted molar refractivity (Wildman–Crippen MR) is 116 cm³/mol. The zero-order chi connectivity index (χ0) is 19.4. The van der Waals surface area contributed by atoms with E-state index >= 15 is 0 Å². The van der Waals surface area contributed by atoms with E-state index in [-0.39, 0.29) is 0 Å². The quantitative estimate of drug-likeness (QED) is 0.384. The van der Waals surface area contributed by atoms with Crippen LogP contribution in [0.3, 0.4) is 0 Å². The van der Waals surface area contributed by atoms with Gasteiger partial charge in [-0.05, 0) is 110 Å². The molecule has 0 nitrogen and oxygen atoms in total. The SMILES string of the molecule is C#C.C[C@@H]1CCC2(C)C3CCC45CCC[C@H](C)C4CCC5C3CCC2(C)C1. The van der Waals surface area contributed by atoms with Crippen molar-refractivity contribution in [2.45, 2.75) is 105 Å². The summed E-state index contributed by atoms with van der Waals surface area (Å²) in [4.78, 5) is 0. The standard InChI is InChI=1S/C25H42.C2H2/c1-17-9-14-24(4)21-11-15-25-12-5-6-18(2)20(25)7-8-22(25)19(21)10-13-23(24,3)16-17;1-2/h17-22H,5-16H2,1-4H3;1-2H/t17-,18+,19?,20?,21?,22?,23?,24?,25?;/m1./s1. The zero-order valence-corrected chi connectivity index (χ0v) is 18.6. The van der Waals surface area contributed by atoms with E-state index in [2.05, 4.69) is 40.5 Å². The van der Waals surface area contributed by atoms with E-state index in [1.54, 1.807) is 44.9 Å². The third-order valence-electron chi connectivity index (χ3n) is 11.4. The van der Waals surface area contributed by atoms with E-state index in [9.17, 15) is 0 Å². The van der Waals surface area contributed by atoms with Gasteiger partial charge in [0.25, 0.3) is 0 Å². The van der Waals surface area contributed by atoms with Crippen LogP contribution in [0.15, 0.2) is 0 Å². The van der Waals surface area contributed by atoms with Crippen LogP contribution in [0.2, 0.25) is 0 Å². The van der Waals surface area contributed by atoms with Crippen molar-refractivity contribution in [2.24, 2.45) is 51.8 Å². The highest BCUT2D eigenvalue weighted by Crippen LogP contribution is 2.73. The molecule has 0 aromatic carbocycles. The van der Waals surface area contributed by atoms with Gasteiger partial charge in [0.15, 0.2) is 0 Å². The summed E-state index contributed by atoms with van der Waals surface area (Å²) in [6, 6.07) is 0. The van der Waals surface area contributed by atoms with Crippen LogP contribution in [0.5, 0.6) is 0 Å². The first-order chi connectivity index (χ1) is 12.9. The average molecular weight is 369 g/mol. The van der Waals surface area contributed by atoms with Gasteiger partial charge in [0.2, 0.25) is 0 Å². The lowest BCUT2D eigenvalue weighted by Gasteiger charge is -2.66. The molecule has 0 saturated heterocycles. The fraction of sp³-hybridized carbons (Fsp3) is 0.926. The highest BCUT2D eigenvalue weighted by Gasteiger charge is 2.64.